The van der Waals surface area contributed by atoms with Crippen molar-refractivity contribution in [3.8, 4) is 6.07 Å². The summed E-state index contributed by atoms with van der Waals surface area (Å²) in [5.74, 6) is 0.721. The zero-order chi connectivity index (χ0) is 12.3. The molecule has 0 aliphatic heterocycles. The molecule has 0 unspecified atom stereocenters. The Kier molecular flexibility index (Phi) is 3.01. The van der Waals surface area contributed by atoms with Crippen molar-refractivity contribution < 1.29 is 0 Å². The van der Waals surface area contributed by atoms with Crippen LogP contribution in [0.4, 0.5) is 11.5 Å². The Morgan fingerprint density at radius 1 is 1.12 bits per heavy atom. The average Bonchev–Trinajstić information content (AvgIpc) is 2.39. The molecule has 0 N–H and O–H groups in total. The van der Waals surface area contributed by atoms with E-state index in [1.54, 1.807) is 6.07 Å². The van der Waals surface area contributed by atoms with Crippen LogP contribution in [0, 0.1) is 18.3 Å². The number of aryl methyl sites for hydroxylation is 1. The quantitative estimate of drug-likeness (QED) is 0.786. The van der Waals surface area contributed by atoms with Crippen LogP contribution in [0.2, 0.25) is 0 Å². The number of anilines is 2. The van der Waals surface area contributed by atoms with E-state index >= 15 is 0 Å². The summed E-state index contributed by atoms with van der Waals surface area (Å²) < 4.78 is 0. The van der Waals surface area contributed by atoms with Crippen molar-refractivity contribution in [2.24, 2.45) is 0 Å². The molecule has 0 saturated heterocycles. The van der Waals surface area contributed by atoms with E-state index in [4.69, 9.17) is 5.26 Å². The number of benzene rings is 1. The summed E-state index contributed by atoms with van der Waals surface area (Å²) in [6.07, 6.45) is 0. The topological polar surface area (TPSA) is 52.8 Å². The van der Waals surface area contributed by atoms with E-state index in [1.807, 2.05) is 49.2 Å². The first kappa shape index (κ1) is 11.1. The predicted octanol–water partition coefficient (Wildman–Crippen LogP) is 2.42. The number of nitrogens with zero attached hydrogens (tertiary/aromatic N) is 4. The van der Waals surface area contributed by atoms with E-state index < -0.39 is 0 Å². The molecule has 2 rings (SSSR count). The zero-order valence-electron chi connectivity index (χ0n) is 9.75. The average molecular weight is 224 g/mol. The van der Waals surface area contributed by atoms with Crippen molar-refractivity contribution in [1.29, 1.82) is 5.26 Å². The van der Waals surface area contributed by atoms with Gasteiger partial charge in [0, 0.05) is 7.05 Å². The minimum atomic E-state index is 0.623. The van der Waals surface area contributed by atoms with Crippen LogP contribution < -0.4 is 4.90 Å². The van der Waals surface area contributed by atoms with Gasteiger partial charge in [-0.15, -0.1) is 5.10 Å². The number of aromatic nitrogens is 2. The van der Waals surface area contributed by atoms with Gasteiger partial charge in [-0.3, -0.25) is 0 Å². The molecule has 1 aromatic carbocycles. The molecule has 0 aliphatic carbocycles. The van der Waals surface area contributed by atoms with Crippen molar-refractivity contribution in [2.45, 2.75) is 6.92 Å². The molecule has 4 nitrogen and oxygen atoms in total. The number of hydrogen-bond acceptors (Lipinski definition) is 4. The van der Waals surface area contributed by atoms with Crippen LogP contribution in [0.3, 0.4) is 0 Å². The largest absolute Gasteiger partial charge is 0.327 e. The molecule has 0 atom stereocenters. The monoisotopic (exact) mass is 224 g/mol. The van der Waals surface area contributed by atoms with Crippen molar-refractivity contribution in [3.05, 3.63) is 47.7 Å². The fourth-order valence-electron chi connectivity index (χ4n) is 1.55. The van der Waals surface area contributed by atoms with Gasteiger partial charge in [-0.2, -0.15) is 10.4 Å². The third kappa shape index (κ3) is 2.23. The minimum absolute atomic E-state index is 0.623. The highest BCUT2D eigenvalue weighted by molar-refractivity contribution is 5.66. The molecule has 1 aromatic heterocycles. The molecule has 0 fully saturated rings. The summed E-state index contributed by atoms with van der Waals surface area (Å²) in [4.78, 5) is 1.85. The van der Waals surface area contributed by atoms with Crippen molar-refractivity contribution >= 4 is 11.5 Å². The number of para-hydroxylation sites is 1. The Morgan fingerprint density at radius 2 is 1.88 bits per heavy atom. The van der Waals surface area contributed by atoms with Gasteiger partial charge in [-0.05, 0) is 31.2 Å². The summed E-state index contributed by atoms with van der Waals surface area (Å²) in [6, 6.07) is 13.4. The Hall–Kier alpha value is -2.41. The molecule has 0 radical (unpaired) electrons. The number of rotatable bonds is 2. The second kappa shape index (κ2) is 4.62. The van der Waals surface area contributed by atoms with Crippen LogP contribution in [0.1, 0.15) is 11.3 Å². The first-order chi connectivity index (χ1) is 8.22. The lowest BCUT2D eigenvalue weighted by Crippen LogP contribution is -2.13. The van der Waals surface area contributed by atoms with Gasteiger partial charge in [0.05, 0.1) is 16.9 Å². The molecule has 2 aromatic rings. The van der Waals surface area contributed by atoms with Crippen LogP contribution in [0.25, 0.3) is 0 Å². The van der Waals surface area contributed by atoms with E-state index in [0.29, 0.717) is 5.56 Å². The van der Waals surface area contributed by atoms with E-state index in [9.17, 15) is 0 Å². The Morgan fingerprint density at radius 3 is 2.53 bits per heavy atom. The first-order valence-corrected chi connectivity index (χ1v) is 5.25. The van der Waals surface area contributed by atoms with Gasteiger partial charge in [0.2, 0.25) is 0 Å². The second-order valence-electron chi connectivity index (χ2n) is 3.72. The van der Waals surface area contributed by atoms with Crippen LogP contribution in [0.15, 0.2) is 36.4 Å². The fraction of sp³-hybridized carbons (Fsp3) is 0.154. The smallest absolute Gasteiger partial charge is 0.155 e. The van der Waals surface area contributed by atoms with Gasteiger partial charge in [-0.25, -0.2) is 0 Å². The van der Waals surface area contributed by atoms with E-state index in [2.05, 4.69) is 16.3 Å². The highest BCUT2D eigenvalue weighted by Gasteiger charge is 2.09. The lowest BCUT2D eigenvalue weighted by molar-refractivity contribution is 0.951. The molecule has 0 spiro atoms. The molecule has 0 aliphatic rings. The first-order valence-electron chi connectivity index (χ1n) is 5.25. The molecule has 1 heterocycles. The Labute approximate surface area is 100 Å². The molecule has 0 saturated carbocycles. The molecular formula is C13H12N4. The normalized spacial score (nSPS) is 9.71. The standard InChI is InChI=1S/C13H12N4/c1-10-7-8-13(16-15-10)17(2)12-6-4-3-5-11(12)9-14/h3-8H,1-2H3. The summed E-state index contributed by atoms with van der Waals surface area (Å²) in [5, 5.41) is 17.1. The highest BCUT2D eigenvalue weighted by atomic mass is 15.2. The van der Waals surface area contributed by atoms with Gasteiger partial charge in [0.1, 0.15) is 6.07 Å². The summed E-state index contributed by atoms with van der Waals surface area (Å²) in [7, 11) is 1.87. The SMILES string of the molecule is Cc1ccc(N(C)c2ccccc2C#N)nn1. The summed E-state index contributed by atoms with van der Waals surface area (Å²) in [6.45, 7) is 1.89. The Bertz CT molecular complexity index is 554. The second-order valence-corrected chi connectivity index (χ2v) is 3.72. The van der Waals surface area contributed by atoms with Crippen molar-refractivity contribution in [2.75, 3.05) is 11.9 Å². The molecule has 17 heavy (non-hydrogen) atoms. The maximum atomic E-state index is 9.05. The van der Waals surface area contributed by atoms with Crippen molar-refractivity contribution in [1.82, 2.24) is 10.2 Å². The maximum Gasteiger partial charge on any atom is 0.155 e. The van der Waals surface area contributed by atoms with Crippen LogP contribution in [0.5, 0.6) is 0 Å². The predicted molar refractivity (Wildman–Crippen MR) is 66.0 cm³/mol. The lowest BCUT2D eigenvalue weighted by Gasteiger charge is -2.18. The summed E-state index contributed by atoms with van der Waals surface area (Å²) >= 11 is 0. The van der Waals surface area contributed by atoms with Gasteiger partial charge < -0.3 is 4.90 Å². The Balaban J connectivity index is 2.40. The summed E-state index contributed by atoms with van der Waals surface area (Å²) in [5.41, 5.74) is 2.32. The molecule has 4 heteroatoms. The third-order valence-corrected chi connectivity index (χ3v) is 2.51. The van der Waals surface area contributed by atoms with Crippen molar-refractivity contribution in [3.63, 3.8) is 0 Å². The molecular weight excluding hydrogens is 212 g/mol. The zero-order valence-corrected chi connectivity index (χ0v) is 9.75. The molecule has 84 valence electrons. The van der Waals surface area contributed by atoms with E-state index in [-0.39, 0.29) is 0 Å². The highest BCUT2D eigenvalue weighted by Crippen LogP contribution is 2.24. The van der Waals surface area contributed by atoms with Gasteiger partial charge in [-0.1, -0.05) is 12.1 Å². The minimum Gasteiger partial charge on any atom is -0.327 e. The van der Waals surface area contributed by atoms with E-state index in [0.717, 1.165) is 17.2 Å². The number of hydrogen-bond donors (Lipinski definition) is 0. The van der Waals surface area contributed by atoms with E-state index in [1.165, 1.54) is 0 Å². The van der Waals surface area contributed by atoms with Crippen LogP contribution >= 0.6 is 0 Å². The van der Waals surface area contributed by atoms with Gasteiger partial charge in [0.25, 0.3) is 0 Å². The molecule has 0 amide bonds. The third-order valence-electron chi connectivity index (χ3n) is 2.51. The maximum absolute atomic E-state index is 9.05. The van der Waals surface area contributed by atoms with Crippen LogP contribution in [-0.4, -0.2) is 17.2 Å². The number of nitriles is 1. The fourth-order valence-corrected chi connectivity index (χ4v) is 1.55. The van der Waals surface area contributed by atoms with Gasteiger partial charge in [0.15, 0.2) is 5.82 Å². The molecule has 0 bridgehead atoms. The lowest BCUT2D eigenvalue weighted by atomic mass is 10.2. The van der Waals surface area contributed by atoms with Gasteiger partial charge >= 0.3 is 0 Å². The van der Waals surface area contributed by atoms with Crippen LogP contribution in [-0.2, 0) is 0 Å².